The summed E-state index contributed by atoms with van der Waals surface area (Å²) < 4.78 is 0. The van der Waals surface area contributed by atoms with Crippen LogP contribution in [0, 0.1) is 0 Å². The van der Waals surface area contributed by atoms with Crippen molar-refractivity contribution in [2.75, 3.05) is 37.6 Å². The number of benzene rings is 1. The molecule has 1 heterocycles. The van der Waals surface area contributed by atoms with Gasteiger partial charge in [0.1, 0.15) is 0 Å². The zero-order chi connectivity index (χ0) is 15.5. The summed E-state index contributed by atoms with van der Waals surface area (Å²) in [6.07, 6.45) is 0.954. The number of piperazine rings is 1. The van der Waals surface area contributed by atoms with Gasteiger partial charge in [-0.1, -0.05) is 25.1 Å². The highest BCUT2D eigenvalue weighted by Crippen LogP contribution is 2.27. The quantitative estimate of drug-likeness (QED) is 0.871. The van der Waals surface area contributed by atoms with Crippen molar-refractivity contribution in [3.05, 3.63) is 29.8 Å². The van der Waals surface area contributed by atoms with Crippen molar-refractivity contribution in [3.8, 4) is 0 Å². The predicted molar refractivity (Wildman–Crippen MR) is 88.6 cm³/mol. The first-order chi connectivity index (χ1) is 9.90. The highest BCUT2D eigenvalue weighted by atomic mass is 16.3. The minimum absolute atomic E-state index is 0.107. The number of rotatable bonds is 5. The van der Waals surface area contributed by atoms with Gasteiger partial charge in [-0.3, -0.25) is 4.90 Å². The molecule has 3 N–H and O–H groups in total. The van der Waals surface area contributed by atoms with Gasteiger partial charge in [-0.05, 0) is 31.9 Å². The average molecular weight is 291 g/mol. The maximum absolute atomic E-state index is 9.93. The molecule has 1 saturated heterocycles. The molecule has 1 aromatic rings. The Hall–Kier alpha value is -1.10. The van der Waals surface area contributed by atoms with Crippen LogP contribution in [0.3, 0.4) is 0 Å². The van der Waals surface area contributed by atoms with Gasteiger partial charge in [0.2, 0.25) is 0 Å². The second kappa shape index (κ2) is 6.77. The van der Waals surface area contributed by atoms with Crippen molar-refractivity contribution in [1.29, 1.82) is 0 Å². The van der Waals surface area contributed by atoms with Crippen LogP contribution in [0.5, 0.6) is 0 Å². The number of nitrogens with two attached hydrogens (primary N) is 1. The van der Waals surface area contributed by atoms with E-state index in [9.17, 15) is 5.11 Å². The monoisotopic (exact) mass is 291 g/mol. The van der Waals surface area contributed by atoms with E-state index < -0.39 is 5.60 Å². The van der Waals surface area contributed by atoms with E-state index >= 15 is 0 Å². The van der Waals surface area contributed by atoms with Gasteiger partial charge >= 0.3 is 0 Å². The third-order valence-electron chi connectivity index (χ3n) is 4.10. The molecule has 0 aliphatic carbocycles. The normalized spacial score (nSPS) is 18.8. The molecule has 1 fully saturated rings. The molecule has 1 unspecified atom stereocenters. The van der Waals surface area contributed by atoms with Crippen molar-refractivity contribution >= 4 is 5.69 Å². The first-order valence-corrected chi connectivity index (χ1v) is 7.95. The third-order valence-corrected chi connectivity index (χ3v) is 4.10. The zero-order valence-corrected chi connectivity index (χ0v) is 13.5. The minimum Gasteiger partial charge on any atom is -0.389 e. The van der Waals surface area contributed by atoms with Crippen LogP contribution in [0.15, 0.2) is 24.3 Å². The fourth-order valence-electron chi connectivity index (χ4n) is 3.00. The molecule has 0 amide bonds. The van der Waals surface area contributed by atoms with Crippen LogP contribution in [-0.4, -0.2) is 48.3 Å². The predicted octanol–water partition coefficient (Wildman–Crippen LogP) is 1.99. The van der Waals surface area contributed by atoms with E-state index in [0.717, 1.165) is 39.1 Å². The molecule has 0 aromatic heterocycles. The summed E-state index contributed by atoms with van der Waals surface area (Å²) in [5.41, 5.74) is 8.14. The first-order valence-electron chi connectivity index (χ1n) is 7.95. The lowest BCUT2D eigenvalue weighted by Gasteiger charge is -2.39. The molecule has 0 radical (unpaired) electrons. The third kappa shape index (κ3) is 4.43. The topological polar surface area (TPSA) is 52.7 Å². The lowest BCUT2D eigenvalue weighted by atomic mass is 10.0. The Morgan fingerprint density at radius 2 is 1.81 bits per heavy atom. The van der Waals surface area contributed by atoms with E-state index in [2.05, 4.69) is 41.0 Å². The highest BCUT2D eigenvalue weighted by Gasteiger charge is 2.24. The highest BCUT2D eigenvalue weighted by molar-refractivity contribution is 5.55. The summed E-state index contributed by atoms with van der Waals surface area (Å²) in [5, 5.41) is 9.93. The molecule has 1 aromatic carbocycles. The smallest absolute Gasteiger partial charge is 0.0718 e. The van der Waals surface area contributed by atoms with E-state index in [0.29, 0.717) is 0 Å². The van der Waals surface area contributed by atoms with Crippen LogP contribution in [0.1, 0.15) is 38.8 Å². The Kier molecular flexibility index (Phi) is 5.25. The molecule has 0 bridgehead atoms. The van der Waals surface area contributed by atoms with Gasteiger partial charge in [-0.25, -0.2) is 0 Å². The number of anilines is 1. The summed E-state index contributed by atoms with van der Waals surface area (Å²) >= 11 is 0. The van der Waals surface area contributed by atoms with Crippen LogP contribution >= 0.6 is 0 Å². The number of hydrogen-bond acceptors (Lipinski definition) is 4. The van der Waals surface area contributed by atoms with Crippen molar-refractivity contribution < 1.29 is 5.11 Å². The van der Waals surface area contributed by atoms with Gasteiger partial charge in [0.25, 0.3) is 0 Å². The molecule has 4 nitrogen and oxygen atoms in total. The number of nitrogens with zero attached hydrogens (tertiary/aromatic N) is 2. The van der Waals surface area contributed by atoms with Crippen LogP contribution in [0.2, 0.25) is 0 Å². The summed E-state index contributed by atoms with van der Waals surface area (Å²) in [6, 6.07) is 8.59. The van der Waals surface area contributed by atoms with Crippen molar-refractivity contribution in [2.45, 2.75) is 38.8 Å². The van der Waals surface area contributed by atoms with Crippen LogP contribution < -0.4 is 10.6 Å². The first kappa shape index (κ1) is 16.3. The molecular formula is C17H29N3O. The van der Waals surface area contributed by atoms with Crippen molar-refractivity contribution in [2.24, 2.45) is 5.73 Å². The molecule has 1 aliphatic heterocycles. The molecule has 1 aliphatic rings. The van der Waals surface area contributed by atoms with Crippen molar-refractivity contribution in [3.63, 3.8) is 0 Å². The summed E-state index contributed by atoms with van der Waals surface area (Å²) in [6.45, 7) is 10.6. The van der Waals surface area contributed by atoms with Gasteiger partial charge in [0, 0.05) is 44.5 Å². The fraction of sp³-hybridized carbons (Fsp3) is 0.647. The molecule has 0 spiro atoms. The van der Waals surface area contributed by atoms with Gasteiger partial charge in [0.15, 0.2) is 0 Å². The van der Waals surface area contributed by atoms with E-state index in [1.54, 1.807) is 0 Å². The number of hydrogen-bond donors (Lipinski definition) is 2. The molecule has 2 rings (SSSR count). The van der Waals surface area contributed by atoms with Gasteiger partial charge in [-0.2, -0.15) is 0 Å². The maximum atomic E-state index is 9.93. The summed E-state index contributed by atoms with van der Waals surface area (Å²) in [5.74, 6) is 0. The molecule has 21 heavy (non-hydrogen) atoms. The molecule has 4 heteroatoms. The van der Waals surface area contributed by atoms with Gasteiger partial charge in [0.05, 0.1) is 5.60 Å². The van der Waals surface area contributed by atoms with Crippen LogP contribution in [-0.2, 0) is 0 Å². The van der Waals surface area contributed by atoms with Gasteiger partial charge < -0.3 is 15.7 Å². The largest absolute Gasteiger partial charge is 0.389 e. The van der Waals surface area contributed by atoms with Crippen LogP contribution in [0.25, 0.3) is 0 Å². The number of aliphatic hydroxyl groups is 1. The molecule has 1 atom stereocenters. The Morgan fingerprint density at radius 1 is 1.19 bits per heavy atom. The standard InChI is InChI=1S/C17H29N3O/c1-4-15(18)14-7-5-6-8-16(14)20-11-9-19(10-12-20)13-17(2,3)21/h5-8,15,21H,4,9-13,18H2,1-3H3. The summed E-state index contributed by atoms with van der Waals surface area (Å²) in [7, 11) is 0. The van der Waals surface area contributed by atoms with E-state index in [1.807, 2.05) is 13.8 Å². The summed E-state index contributed by atoms with van der Waals surface area (Å²) in [4.78, 5) is 4.75. The number of β-amino-alcohol motifs (C(OH)–C–C–N with tert-alkyl or cyclic N) is 1. The maximum Gasteiger partial charge on any atom is 0.0718 e. The fourth-order valence-corrected chi connectivity index (χ4v) is 3.00. The Labute approximate surface area is 128 Å². The second-order valence-corrected chi connectivity index (χ2v) is 6.65. The Bertz CT molecular complexity index is 448. The average Bonchev–Trinajstić information content (AvgIpc) is 2.45. The minimum atomic E-state index is -0.620. The zero-order valence-electron chi connectivity index (χ0n) is 13.5. The van der Waals surface area contributed by atoms with E-state index in [4.69, 9.17) is 5.73 Å². The second-order valence-electron chi connectivity index (χ2n) is 6.65. The SMILES string of the molecule is CCC(N)c1ccccc1N1CCN(CC(C)(C)O)CC1. The number of para-hydroxylation sites is 1. The van der Waals surface area contributed by atoms with E-state index in [1.165, 1.54) is 11.3 Å². The Balaban J connectivity index is 2.03. The lowest BCUT2D eigenvalue weighted by molar-refractivity contribution is 0.0345. The van der Waals surface area contributed by atoms with Crippen LogP contribution in [0.4, 0.5) is 5.69 Å². The van der Waals surface area contributed by atoms with E-state index in [-0.39, 0.29) is 6.04 Å². The van der Waals surface area contributed by atoms with Crippen molar-refractivity contribution in [1.82, 2.24) is 4.90 Å². The molecule has 118 valence electrons. The lowest BCUT2D eigenvalue weighted by Crippen LogP contribution is -2.50. The Morgan fingerprint density at radius 3 is 2.38 bits per heavy atom. The molecular weight excluding hydrogens is 262 g/mol. The van der Waals surface area contributed by atoms with Gasteiger partial charge in [-0.15, -0.1) is 0 Å². The molecule has 0 saturated carbocycles.